The molecule has 1 N–H and O–H groups in total. The number of benzene rings is 1. The number of hydrogen-bond acceptors (Lipinski definition) is 4. The Morgan fingerprint density at radius 3 is 2.79 bits per heavy atom. The lowest BCUT2D eigenvalue weighted by atomic mass is 10.3. The summed E-state index contributed by atoms with van der Waals surface area (Å²) in [6.07, 6.45) is 3.19. The highest BCUT2D eigenvalue weighted by Crippen LogP contribution is 2.24. The van der Waals surface area contributed by atoms with E-state index in [-0.39, 0.29) is 5.82 Å². The van der Waals surface area contributed by atoms with Gasteiger partial charge in [-0.1, -0.05) is 6.92 Å². The first-order valence-corrected chi connectivity index (χ1v) is 6.63. The first-order valence-electron chi connectivity index (χ1n) is 5.83. The van der Waals surface area contributed by atoms with Crippen LogP contribution in [0.3, 0.4) is 0 Å². The second kappa shape index (κ2) is 6.58. The average molecular weight is 326 g/mol. The smallest absolute Gasteiger partial charge is 0.237 e. The summed E-state index contributed by atoms with van der Waals surface area (Å²) in [7, 11) is 0. The fourth-order valence-corrected chi connectivity index (χ4v) is 1.76. The zero-order valence-electron chi connectivity index (χ0n) is 10.4. The third kappa shape index (κ3) is 3.97. The van der Waals surface area contributed by atoms with Gasteiger partial charge in [-0.3, -0.25) is 4.98 Å². The Kier molecular flexibility index (Phi) is 4.81. The highest BCUT2D eigenvalue weighted by molar-refractivity contribution is 9.10. The Labute approximate surface area is 119 Å². The van der Waals surface area contributed by atoms with Crippen LogP contribution in [-0.2, 0) is 6.54 Å². The van der Waals surface area contributed by atoms with Gasteiger partial charge in [0, 0.05) is 6.54 Å². The standard InChI is InChI=1S/C13H13BrFN3O/c1-2-16-6-9-7-18-13(8-17-9)19-10-3-4-12(15)11(14)5-10/h3-5,7-8,16H,2,6H2,1H3. The molecule has 0 aliphatic heterocycles. The van der Waals surface area contributed by atoms with Crippen LogP contribution in [0.4, 0.5) is 4.39 Å². The van der Waals surface area contributed by atoms with Gasteiger partial charge in [0.25, 0.3) is 0 Å². The summed E-state index contributed by atoms with van der Waals surface area (Å²) < 4.78 is 18.9. The normalized spacial score (nSPS) is 10.5. The van der Waals surface area contributed by atoms with E-state index in [1.165, 1.54) is 12.1 Å². The minimum absolute atomic E-state index is 0.334. The molecule has 100 valence electrons. The fraction of sp³-hybridized carbons (Fsp3) is 0.231. The van der Waals surface area contributed by atoms with E-state index in [4.69, 9.17) is 4.74 Å². The number of hydrogen-bond donors (Lipinski definition) is 1. The van der Waals surface area contributed by atoms with Gasteiger partial charge in [-0.05, 0) is 40.7 Å². The van der Waals surface area contributed by atoms with Crippen molar-refractivity contribution in [1.82, 2.24) is 15.3 Å². The van der Waals surface area contributed by atoms with E-state index in [9.17, 15) is 4.39 Å². The molecule has 0 atom stereocenters. The highest BCUT2D eigenvalue weighted by Gasteiger charge is 2.04. The highest BCUT2D eigenvalue weighted by atomic mass is 79.9. The zero-order chi connectivity index (χ0) is 13.7. The second-order valence-corrected chi connectivity index (χ2v) is 4.66. The summed E-state index contributed by atoms with van der Waals surface area (Å²) in [5.41, 5.74) is 0.842. The van der Waals surface area contributed by atoms with Crippen molar-refractivity contribution in [3.05, 3.63) is 46.6 Å². The molecule has 0 saturated carbocycles. The molecule has 0 amide bonds. The summed E-state index contributed by atoms with van der Waals surface area (Å²) in [5, 5.41) is 3.16. The first kappa shape index (κ1) is 13.9. The molecule has 0 unspecified atom stereocenters. The molecule has 0 bridgehead atoms. The van der Waals surface area contributed by atoms with E-state index >= 15 is 0 Å². The van der Waals surface area contributed by atoms with Crippen LogP contribution in [0.1, 0.15) is 12.6 Å². The summed E-state index contributed by atoms with van der Waals surface area (Å²) in [6, 6.07) is 4.41. The Morgan fingerprint density at radius 2 is 2.16 bits per heavy atom. The van der Waals surface area contributed by atoms with Gasteiger partial charge < -0.3 is 10.1 Å². The van der Waals surface area contributed by atoms with Crippen LogP contribution in [0, 0.1) is 5.82 Å². The van der Waals surface area contributed by atoms with Gasteiger partial charge in [-0.25, -0.2) is 9.37 Å². The van der Waals surface area contributed by atoms with Crippen LogP contribution >= 0.6 is 15.9 Å². The van der Waals surface area contributed by atoms with Crippen LogP contribution in [0.25, 0.3) is 0 Å². The number of ether oxygens (including phenoxy) is 1. The van der Waals surface area contributed by atoms with Crippen molar-refractivity contribution >= 4 is 15.9 Å². The number of halogens is 2. The maximum Gasteiger partial charge on any atom is 0.237 e. The molecule has 1 aromatic carbocycles. The lowest BCUT2D eigenvalue weighted by Crippen LogP contribution is -2.13. The Bertz CT molecular complexity index is 548. The van der Waals surface area contributed by atoms with Gasteiger partial charge >= 0.3 is 0 Å². The van der Waals surface area contributed by atoms with Crippen molar-refractivity contribution in [3.63, 3.8) is 0 Å². The van der Waals surface area contributed by atoms with E-state index in [0.717, 1.165) is 12.2 Å². The molecule has 2 rings (SSSR count). The van der Waals surface area contributed by atoms with Crippen LogP contribution in [0.5, 0.6) is 11.6 Å². The fourth-order valence-electron chi connectivity index (χ4n) is 1.40. The van der Waals surface area contributed by atoms with Crippen LogP contribution in [0.2, 0.25) is 0 Å². The van der Waals surface area contributed by atoms with Crippen molar-refractivity contribution in [2.75, 3.05) is 6.54 Å². The van der Waals surface area contributed by atoms with Crippen molar-refractivity contribution in [2.24, 2.45) is 0 Å². The number of nitrogens with zero attached hydrogens (tertiary/aromatic N) is 2. The Hall–Kier alpha value is -1.53. The van der Waals surface area contributed by atoms with Gasteiger partial charge in [0.1, 0.15) is 11.6 Å². The van der Waals surface area contributed by atoms with Gasteiger partial charge in [0.15, 0.2) is 0 Å². The summed E-state index contributed by atoms with van der Waals surface area (Å²) >= 11 is 3.10. The van der Waals surface area contributed by atoms with E-state index in [0.29, 0.717) is 22.6 Å². The zero-order valence-corrected chi connectivity index (χ0v) is 11.9. The van der Waals surface area contributed by atoms with Gasteiger partial charge in [-0.2, -0.15) is 0 Å². The van der Waals surface area contributed by atoms with Crippen molar-refractivity contribution in [2.45, 2.75) is 13.5 Å². The molecule has 19 heavy (non-hydrogen) atoms. The second-order valence-electron chi connectivity index (χ2n) is 3.80. The monoisotopic (exact) mass is 325 g/mol. The maximum atomic E-state index is 13.1. The molecule has 0 aliphatic carbocycles. The van der Waals surface area contributed by atoms with Gasteiger partial charge in [0.2, 0.25) is 5.88 Å². The van der Waals surface area contributed by atoms with E-state index < -0.39 is 0 Å². The van der Waals surface area contributed by atoms with Crippen LogP contribution in [0.15, 0.2) is 35.1 Å². The van der Waals surface area contributed by atoms with Crippen LogP contribution in [-0.4, -0.2) is 16.5 Å². The Morgan fingerprint density at radius 1 is 1.32 bits per heavy atom. The summed E-state index contributed by atoms with van der Waals surface area (Å²) in [4.78, 5) is 8.36. The summed E-state index contributed by atoms with van der Waals surface area (Å²) in [6.45, 7) is 3.58. The maximum absolute atomic E-state index is 13.1. The topological polar surface area (TPSA) is 47.0 Å². The largest absolute Gasteiger partial charge is 0.437 e. The molecular formula is C13H13BrFN3O. The first-order chi connectivity index (χ1) is 9.19. The van der Waals surface area contributed by atoms with Gasteiger partial charge in [-0.15, -0.1) is 0 Å². The van der Waals surface area contributed by atoms with Crippen LogP contribution < -0.4 is 10.1 Å². The SMILES string of the molecule is CCNCc1cnc(Oc2ccc(F)c(Br)c2)cn1. The minimum Gasteiger partial charge on any atom is -0.437 e. The molecule has 1 heterocycles. The van der Waals surface area contributed by atoms with Crippen molar-refractivity contribution < 1.29 is 9.13 Å². The lowest BCUT2D eigenvalue weighted by molar-refractivity contribution is 0.456. The average Bonchev–Trinajstić information content (AvgIpc) is 2.42. The van der Waals surface area contributed by atoms with E-state index in [2.05, 4.69) is 31.2 Å². The van der Waals surface area contributed by atoms with Crippen molar-refractivity contribution in [3.8, 4) is 11.6 Å². The van der Waals surface area contributed by atoms with Crippen molar-refractivity contribution in [1.29, 1.82) is 0 Å². The van der Waals surface area contributed by atoms with Gasteiger partial charge in [0.05, 0.1) is 22.6 Å². The molecule has 0 radical (unpaired) electrons. The lowest BCUT2D eigenvalue weighted by Gasteiger charge is -2.06. The molecule has 0 spiro atoms. The predicted molar refractivity (Wildman–Crippen MR) is 73.6 cm³/mol. The molecule has 4 nitrogen and oxygen atoms in total. The third-order valence-corrected chi connectivity index (χ3v) is 2.96. The molecule has 6 heteroatoms. The molecule has 1 aromatic heterocycles. The van der Waals surface area contributed by atoms with E-state index in [1.54, 1.807) is 18.5 Å². The molecule has 2 aromatic rings. The number of rotatable bonds is 5. The predicted octanol–water partition coefficient (Wildman–Crippen LogP) is 3.28. The number of nitrogens with one attached hydrogen (secondary N) is 1. The summed E-state index contributed by atoms with van der Waals surface area (Å²) in [5.74, 6) is 0.542. The number of aromatic nitrogens is 2. The Balaban J connectivity index is 2.04. The molecular weight excluding hydrogens is 313 g/mol. The molecule has 0 saturated heterocycles. The molecule has 0 fully saturated rings. The third-order valence-electron chi connectivity index (χ3n) is 2.35. The minimum atomic E-state index is -0.334. The quantitative estimate of drug-likeness (QED) is 0.916. The molecule has 0 aliphatic rings. The van der Waals surface area contributed by atoms with E-state index in [1.807, 2.05) is 6.92 Å².